The van der Waals surface area contributed by atoms with Crippen LogP contribution in [0.25, 0.3) is 0 Å². The summed E-state index contributed by atoms with van der Waals surface area (Å²) in [6.45, 7) is 3.38. The molecule has 5 nitrogen and oxygen atoms in total. The number of carbonyl (C=O) groups is 1. The number of rotatable bonds is 3. The minimum absolute atomic E-state index is 0.0760. The van der Waals surface area contributed by atoms with Gasteiger partial charge in [0.15, 0.2) is 0 Å². The number of H-pyrrole nitrogens is 1. The zero-order valence-corrected chi connectivity index (χ0v) is 13.0. The summed E-state index contributed by atoms with van der Waals surface area (Å²) in [7, 11) is 0. The fraction of sp³-hybridized carbons (Fsp3) is 0.214. The van der Waals surface area contributed by atoms with Crippen molar-refractivity contribution >= 4 is 34.8 Å². The Hall–Kier alpha value is -1.85. The molecule has 0 aliphatic carbocycles. The molecule has 2 N–H and O–H groups in total. The van der Waals surface area contributed by atoms with E-state index in [1.165, 1.54) is 6.07 Å². The Kier molecular flexibility index (Phi) is 4.65. The van der Waals surface area contributed by atoms with Crippen molar-refractivity contribution in [2.45, 2.75) is 20.3 Å². The van der Waals surface area contributed by atoms with E-state index in [9.17, 15) is 9.59 Å². The number of benzene rings is 1. The molecule has 0 aliphatic rings. The Labute approximate surface area is 131 Å². The lowest BCUT2D eigenvalue weighted by Crippen LogP contribution is -2.24. The van der Waals surface area contributed by atoms with Crippen LogP contribution < -0.4 is 10.9 Å². The van der Waals surface area contributed by atoms with Crippen molar-refractivity contribution in [3.8, 4) is 0 Å². The van der Waals surface area contributed by atoms with Crippen molar-refractivity contribution in [3.05, 3.63) is 55.7 Å². The Bertz CT molecular complexity index is 756. The number of aromatic nitrogens is 2. The van der Waals surface area contributed by atoms with Crippen LogP contribution in [-0.4, -0.2) is 15.9 Å². The van der Waals surface area contributed by atoms with Crippen molar-refractivity contribution in [1.82, 2.24) is 9.97 Å². The molecule has 1 aromatic carbocycles. The van der Waals surface area contributed by atoms with E-state index < -0.39 is 0 Å². The van der Waals surface area contributed by atoms with Crippen molar-refractivity contribution in [3.63, 3.8) is 0 Å². The molecule has 0 saturated carbocycles. The van der Waals surface area contributed by atoms with Crippen LogP contribution in [0.4, 0.5) is 5.69 Å². The molecule has 0 fully saturated rings. The molecular weight excluding hydrogens is 313 g/mol. The molecule has 110 valence electrons. The van der Waals surface area contributed by atoms with Crippen molar-refractivity contribution in [2.24, 2.45) is 0 Å². The van der Waals surface area contributed by atoms with Crippen LogP contribution in [0.5, 0.6) is 0 Å². The quantitative estimate of drug-likeness (QED) is 0.911. The Morgan fingerprint density at radius 1 is 1.33 bits per heavy atom. The Morgan fingerprint density at radius 2 is 2.05 bits per heavy atom. The summed E-state index contributed by atoms with van der Waals surface area (Å²) >= 11 is 11.8. The van der Waals surface area contributed by atoms with Gasteiger partial charge < -0.3 is 10.3 Å². The summed E-state index contributed by atoms with van der Waals surface area (Å²) in [5.74, 6) is 0.167. The summed E-state index contributed by atoms with van der Waals surface area (Å²) in [6.07, 6.45) is -0.0760. The topological polar surface area (TPSA) is 74.8 Å². The molecule has 0 aliphatic heterocycles. The number of carbonyl (C=O) groups excluding carboxylic acids is 1. The third kappa shape index (κ3) is 3.83. The van der Waals surface area contributed by atoms with Crippen molar-refractivity contribution in [2.75, 3.05) is 5.32 Å². The van der Waals surface area contributed by atoms with E-state index in [4.69, 9.17) is 23.2 Å². The van der Waals surface area contributed by atoms with Crippen LogP contribution >= 0.6 is 23.2 Å². The largest absolute Gasteiger partial charge is 0.324 e. The summed E-state index contributed by atoms with van der Waals surface area (Å²) < 4.78 is 0. The number of aromatic amines is 1. The van der Waals surface area contributed by atoms with Crippen molar-refractivity contribution in [1.29, 1.82) is 0 Å². The molecule has 0 saturated heterocycles. The fourth-order valence-corrected chi connectivity index (χ4v) is 2.36. The van der Waals surface area contributed by atoms with Crippen LogP contribution in [0, 0.1) is 13.8 Å². The lowest BCUT2D eigenvalue weighted by atomic mass is 10.1. The molecule has 0 bridgehead atoms. The number of halogens is 2. The molecule has 1 amide bonds. The Morgan fingerprint density at radius 3 is 2.67 bits per heavy atom. The van der Waals surface area contributed by atoms with E-state index in [1.54, 1.807) is 26.0 Å². The zero-order chi connectivity index (χ0) is 15.6. The molecule has 0 radical (unpaired) electrons. The molecule has 7 heteroatoms. The van der Waals surface area contributed by atoms with Gasteiger partial charge in [-0.05, 0) is 32.0 Å². The van der Waals surface area contributed by atoms with E-state index in [1.807, 2.05) is 0 Å². The third-order valence-electron chi connectivity index (χ3n) is 2.88. The van der Waals surface area contributed by atoms with Gasteiger partial charge in [-0.3, -0.25) is 9.59 Å². The smallest absolute Gasteiger partial charge is 0.254 e. The van der Waals surface area contributed by atoms with Crippen LogP contribution in [0.2, 0.25) is 10.0 Å². The summed E-state index contributed by atoms with van der Waals surface area (Å²) in [5.41, 5.74) is 1.01. The van der Waals surface area contributed by atoms with Crippen LogP contribution in [0.15, 0.2) is 23.0 Å². The maximum Gasteiger partial charge on any atom is 0.254 e. The fourth-order valence-electron chi connectivity index (χ4n) is 1.91. The predicted molar refractivity (Wildman–Crippen MR) is 83.1 cm³/mol. The number of hydrogen-bond acceptors (Lipinski definition) is 3. The van der Waals surface area contributed by atoms with E-state index in [0.29, 0.717) is 32.8 Å². The molecular formula is C14H13Cl2N3O2. The van der Waals surface area contributed by atoms with Gasteiger partial charge in [0, 0.05) is 16.3 Å². The molecule has 1 aromatic heterocycles. The SMILES string of the molecule is Cc1nc(C)c(CC(=O)Nc2ccc(Cl)cc2Cl)c(=O)[nH]1. The van der Waals surface area contributed by atoms with Gasteiger partial charge in [-0.25, -0.2) is 4.98 Å². The molecule has 2 rings (SSSR count). The second-order valence-corrected chi connectivity index (χ2v) is 5.41. The maximum atomic E-state index is 12.0. The van der Waals surface area contributed by atoms with Gasteiger partial charge in [-0.1, -0.05) is 23.2 Å². The van der Waals surface area contributed by atoms with Crippen LogP contribution in [-0.2, 0) is 11.2 Å². The summed E-state index contributed by atoms with van der Waals surface area (Å²) in [6, 6.07) is 4.76. The highest BCUT2D eigenvalue weighted by Gasteiger charge is 2.13. The predicted octanol–water partition coefficient (Wildman–Crippen LogP) is 2.87. The van der Waals surface area contributed by atoms with E-state index in [2.05, 4.69) is 15.3 Å². The minimum atomic E-state index is -0.349. The number of nitrogens with zero attached hydrogens (tertiary/aromatic N) is 1. The van der Waals surface area contributed by atoms with Crippen LogP contribution in [0.3, 0.4) is 0 Å². The molecule has 2 aromatic rings. The highest BCUT2D eigenvalue weighted by atomic mass is 35.5. The van der Waals surface area contributed by atoms with Gasteiger partial charge in [0.1, 0.15) is 5.82 Å². The van der Waals surface area contributed by atoms with Gasteiger partial charge in [-0.2, -0.15) is 0 Å². The minimum Gasteiger partial charge on any atom is -0.324 e. The van der Waals surface area contributed by atoms with Gasteiger partial charge in [0.2, 0.25) is 5.91 Å². The van der Waals surface area contributed by atoms with Gasteiger partial charge in [-0.15, -0.1) is 0 Å². The number of hydrogen-bond donors (Lipinski definition) is 2. The molecule has 0 atom stereocenters. The first-order chi connectivity index (χ1) is 9.86. The molecule has 0 unspecified atom stereocenters. The van der Waals surface area contributed by atoms with Crippen molar-refractivity contribution < 1.29 is 4.79 Å². The summed E-state index contributed by atoms with van der Waals surface area (Å²) in [4.78, 5) is 30.6. The number of nitrogens with one attached hydrogen (secondary N) is 2. The first kappa shape index (κ1) is 15.5. The van der Waals surface area contributed by atoms with Gasteiger partial charge >= 0.3 is 0 Å². The number of aryl methyl sites for hydroxylation is 2. The number of anilines is 1. The standard InChI is InChI=1S/C14H13Cl2N3O2/c1-7-10(14(21)18-8(2)17-7)6-13(20)19-12-4-3-9(15)5-11(12)16/h3-5H,6H2,1-2H3,(H,19,20)(H,17,18,21). The zero-order valence-electron chi connectivity index (χ0n) is 11.5. The second kappa shape index (κ2) is 6.28. The van der Waals surface area contributed by atoms with Gasteiger partial charge in [0.05, 0.1) is 17.1 Å². The van der Waals surface area contributed by atoms with Crippen LogP contribution in [0.1, 0.15) is 17.1 Å². The third-order valence-corrected chi connectivity index (χ3v) is 3.43. The first-order valence-electron chi connectivity index (χ1n) is 6.18. The monoisotopic (exact) mass is 325 g/mol. The van der Waals surface area contributed by atoms with E-state index >= 15 is 0 Å². The summed E-state index contributed by atoms with van der Waals surface area (Å²) in [5, 5.41) is 3.46. The molecule has 0 spiro atoms. The van der Waals surface area contributed by atoms with Gasteiger partial charge in [0.25, 0.3) is 5.56 Å². The van der Waals surface area contributed by atoms with E-state index in [0.717, 1.165) is 0 Å². The average molecular weight is 326 g/mol. The molecule has 21 heavy (non-hydrogen) atoms. The Balaban J connectivity index is 2.18. The average Bonchev–Trinajstić information content (AvgIpc) is 2.37. The highest BCUT2D eigenvalue weighted by molar-refractivity contribution is 6.36. The second-order valence-electron chi connectivity index (χ2n) is 4.56. The maximum absolute atomic E-state index is 12.0. The lowest BCUT2D eigenvalue weighted by Gasteiger charge is -2.08. The molecule has 1 heterocycles. The first-order valence-corrected chi connectivity index (χ1v) is 6.93. The highest BCUT2D eigenvalue weighted by Crippen LogP contribution is 2.25. The van der Waals surface area contributed by atoms with E-state index in [-0.39, 0.29) is 17.9 Å². The normalized spacial score (nSPS) is 10.5. The number of amides is 1. The lowest BCUT2D eigenvalue weighted by molar-refractivity contribution is -0.115.